The van der Waals surface area contributed by atoms with Crippen LogP contribution in [0, 0.1) is 5.41 Å². The lowest BCUT2D eigenvalue weighted by molar-refractivity contribution is 0.0858. The molecule has 1 unspecified atom stereocenters. The second kappa shape index (κ2) is 5.95. The van der Waals surface area contributed by atoms with Crippen molar-refractivity contribution in [2.24, 2.45) is 5.41 Å². The number of Topliss-reactive ketones (excluding diaryl/α,β-unsaturated/α-hetero) is 1. The third-order valence-electron chi connectivity index (χ3n) is 4.15. The van der Waals surface area contributed by atoms with Crippen LogP contribution in [0.2, 0.25) is 0 Å². The van der Waals surface area contributed by atoms with Crippen LogP contribution in [0.25, 0.3) is 0 Å². The molecule has 124 valence electrons. The first kappa shape index (κ1) is 17.5. The van der Waals surface area contributed by atoms with Gasteiger partial charge >= 0.3 is 0 Å². The van der Waals surface area contributed by atoms with Gasteiger partial charge in [0.2, 0.25) is 0 Å². The number of rotatable bonds is 3. The molecule has 0 bridgehead atoms. The van der Waals surface area contributed by atoms with E-state index in [-0.39, 0.29) is 22.7 Å². The summed E-state index contributed by atoms with van der Waals surface area (Å²) in [5.41, 5.74) is 2.74. The Morgan fingerprint density at radius 3 is 2.04 bits per heavy atom. The molecule has 1 heterocycles. The molecule has 0 amide bonds. The van der Waals surface area contributed by atoms with E-state index in [1.54, 1.807) is 0 Å². The minimum atomic E-state index is -0.348. The van der Waals surface area contributed by atoms with E-state index in [1.807, 2.05) is 51.4 Å². The molecule has 1 atom stereocenters. The van der Waals surface area contributed by atoms with Crippen LogP contribution < -0.4 is 0 Å². The minimum Gasteiger partial charge on any atom is -0.330 e. The van der Waals surface area contributed by atoms with E-state index in [4.69, 9.17) is 0 Å². The normalized spacial score (nSPS) is 13.9. The topological polar surface area (TPSA) is 34.9 Å². The second-order valence-corrected chi connectivity index (χ2v) is 8.33. The predicted molar refractivity (Wildman–Crippen MR) is 95.0 cm³/mol. The molecule has 0 aliphatic rings. The maximum Gasteiger partial charge on any atom is 0.168 e. The highest BCUT2D eigenvalue weighted by atomic mass is 16.1. The summed E-state index contributed by atoms with van der Waals surface area (Å²) in [6.45, 7) is 14.5. The van der Waals surface area contributed by atoms with Gasteiger partial charge in [-0.25, -0.2) is 4.98 Å². The molecule has 0 fully saturated rings. The number of ketones is 1. The van der Waals surface area contributed by atoms with Crippen LogP contribution in [-0.4, -0.2) is 15.3 Å². The second-order valence-electron chi connectivity index (χ2n) is 8.33. The minimum absolute atomic E-state index is 0.0496. The zero-order chi connectivity index (χ0) is 17.4. The average molecular weight is 312 g/mol. The summed E-state index contributed by atoms with van der Waals surface area (Å²) in [6, 6.07) is 8.14. The van der Waals surface area contributed by atoms with Crippen LogP contribution in [0.4, 0.5) is 0 Å². The predicted octanol–water partition coefficient (Wildman–Crippen LogP) is 5.02. The quantitative estimate of drug-likeness (QED) is 0.746. The average Bonchev–Trinajstić information content (AvgIpc) is 2.95. The Morgan fingerprint density at radius 2 is 1.61 bits per heavy atom. The number of carbonyl (C=O) groups excluding carboxylic acids is 1. The van der Waals surface area contributed by atoms with E-state index in [0.717, 1.165) is 11.3 Å². The van der Waals surface area contributed by atoms with Crippen LogP contribution in [0.3, 0.4) is 0 Å². The highest BCUT2D eigenvalue weighted by molar-refractivity contribution is 5.99. The molecule has 0 N–H and O–H groups in total. The van der Waals surface area contributed by atoms with Gasteiger partial charge < -0.3 is 4.57 Å². The number of aromatic nitrogens is 2. The first-order valence-electron chi connectivity index (χ1n) is 8.19. The number of nitrogens with zero attached hydrogens (tertiary/aromatic N) is 2. The van der Waals surface area contributed by atoms with Gasteiger partial charge in [0.1, 0.15) is 0 Å². The number of benzene rings is 1. The van der Waals surface area contributed by atoms with Crippen LogP contribution in [0.1, 0.15) is 76.1 Å². The fourth-order valence-corrected chi connectivity index (χ4v) is 2.45. The van der Waals surface area contributed by atoms with Crippen LogP contribution in [0.15, 0.2) is 36.8 Å². The molecule has 0 spiro atoms. The van der Waals surface area contributed by atoms with Crippen molar-refractivity contribution in [1.82, 2.24) is 9.55 Å². The molecular formula is C20H28N2O. The van der Waals surface area contributed by atoms with E-state index in [2.05, 4.69) is 43.4 Å². The van der Waals surface area contributed by atoms with Gasteiger partial charge in [-0.15, -0.1) is 0 Å². The van der Waals surface area contributed by atoms with Crippen molar-refractivity contribution in [3.63, 3.8) is 0 Å². The number of carbonyl (C=O) groups is 1. The van der Waals surface area contributed by atoms with Crippen LogP contribution in [-0.2, 0) is 5.41 Å². The van der Waals surface area contributed by atoms with Gasteiger partial charge in [-0.3, -0.25) is 4.79 Å². The smallest absolute Gasteiger partial charge is 0.168 e. The molecule has 0 aliphatic heterocycles. The Balaban J connectivity index is 2.22. The molecule has 0 saturated carbocycles. The van der Waals surface area contributed by atoms with Crippen molar-refractivity contribution >= 4 is 5.78 Å². The fraction of sp³-hybridized carbons (Fsp3) is 0.500. The summed E-state index contributed by atoms with van der Waals surface area (Å²) < 4.78 is 2.13. The lowest BCUT2D eigenvalue weighted by Crippen LogP contribution is -2.20. The van der Waals surface area contributed by atoms with Gasteiger partial charge in [0, 0.05) is 22.6 Å². The fourth-order valence-electron chi connectivity index (χ4n) is 2.45. The van der Waals surface area contributed by atoms with Gasteiger partial charge in [-0.1, -0.05) is 65.8 Å². The maximum absolute atomic E-state index is 12.3. The standard InChI is InChI=1S/C20H28N2O/c1-14(22-12-17(21-13-22)19(2,3)4)15-8-10-16(11-9-15)18(23)20(5,6)7/h8-14H,1-7H3. The lowest BCUT2D eigenvalue weighted by Gasteiger charge is -2.18. The van der Waals surface area contributed by atoms with Gasteiger partial charge in [0.05, 0.1) is 18.1 Å². The van der Waals surface area contributed by atoms with Crippen molar-refractivity contribution in [2.75, 3.05) is 0 Å². The first-order chi connectivity index (χ1) is 10.5. The van der Waals surface area contributed by atoms with Crippen molar-refractivity contribution in [3.05, 3.63) is 53.6 Å². The van der Waals surface area contributed by atoms with Crippen molar-refractivity contribution in [3.8, 4) is 0 Å². The molecule has 0 aliphatic carbocycles. The lowest BCUT2D eigenvalue weighted by atomic mass is 9.86. The molecule has 3 nitrogen and oxygen atoms in total. The molecule has 23 heavy (non-hydrogen) atoms. The van der Waals surface area contributed by atoms with Crippen LogP contribution >= 0.6 is 0 Å². The summed E-state index contributed by atoms with van der Waals surface area (Å²) in [4.78, 5) is 16.8. The molecule has 3 heteroatoms. The highest BCUT2D eigenvalue weighted by Gasteiger charge is 2.23. The monoisotopic (exact) mass is 312 g/mol. The van der Waals surface area contributed by atoms with Crippen molar-refractivity contribution in [2.45, 2.75) is 59.9 Å². The summed E-state index contributed by atoms with van der Waals surface area (Å²) in [5.74, 6) is 0.175. The summed E-state index contributed by atoms with van der Waals surface area (Å²) >= 11 is 0. The van der Waals surface area contributed by atoms with E-state index in [1.165, 1.54) is 5.56 Å². The molecule has 0 saturated heterocycles. The van der Waals surface area contributed by atoms with Gasteiger partial charge in [-0.2, -0.15) is 0 Å². The molecule has 2 rings (SSSR count). The largest absolute Gasteiger partial charge is 0.330 e. The molecular weight excluding hydrogens is 284 g/mol. The third-order valence-corrected chi connectivity index (χ3v) is 4.15. The van der Waals surface area contributed by atoms with E-state index in [0.29, 0.717) is 0 Å². The van der Waals surface area contributed by atoms with Crippen LogP contribution in [0.5, 0.6) is 0 Å². The Morgan fingerprint density at radius 1 is 1.04 bits per heavy atom. The zero-order valence-electron chi connectivity index (χ0n) is 15.3. The third kappa shape index (κ3) is 3.90. The van der Waals surface area contributed by atoms with E-state index >= 15 is 0 Å². The molecule has 1 aromatic heterocycles. The Labute approximate surface area is 139 Å². The highest BCUT2D eigenvalue weighted by Crippen LogP contribution is 2.25. The number of imidazole rings is 1. The first-order valence-corrected chi connectivity index (χ1v) is 8.19. The van der Waals surface area contributed by atoms with E-state index < -0.39 is 0 Å². The zero-order valence-corrected chi connectivity index (χ0v) is 15.3. The Hall–Kier alpha value is -1.90. The van der Waals surface area contributed by atoms with Crippen molar-refractivity contribution in [1.29, 1.82) is 0 Å². The van der Waals surface area contributed by atoms with Gasteiger partial charge in [0.15, 0.2) is 5.78 Å². The number of hydrogen-bond acceptors (Lipinski definition) is 2. The van der Waals surface area contributed by atoms with E-state index in [9.17, 15) is 4.79 Å². The SMILES string of the molecule is CC(c1ccc(C(=O)C(C)(C)C)cc1)n1cnc(C(C)(C)C)c1. The summed E-state index contributed by atoms with van der Waals surface area (Å²) in [5, 5.41) is 0. The van der Waals surface area contributed by atoms with Gasteiger partial charge in [-0.05, 0) is 12.5 Å². The Kier molecular flexibility index (Phi) is 4.52. The van der Waals surface area contributed by atoms with Gasteiger partial charge in [0.25, 0.3) is 0 Å². The van der Waals surface area contributed by atoms with Crippen molar-refractivity contribution < 1.29 is 4.79 Å². The molecule has 1 aromatic carbocycles. The Bertz CT molecular complexity index is 682. The number of hydrogen-bond donors (Lipinski definition) is 0. The molecule has 2 aromatic rings. The summed E-state index contributed by atoms with van der Waals surface area (Å²) in [7, 11) is 0. The maximum atomic E-state index is 12.3. The summed E-state index contributed by atoms with van der Waals surface area (Å²) in [6.07, 6.45) is 4.00. The molecule has 0 radical (unpaired) electrons.